The Bertz CT molecular complexity index is 856. The first-order chi connectivity index (χ1) is 11.0. The van der Waals surface area contributed by atoms with E-state index in [1.54, 1.807) is 11.5 Å². The van der Waals surface area contributed by atoms with Gasteiger partial charge in [-0.1, -0.05) is 0 Å². The van der Waals surface area contributed by atoms with Crippen LogP contribution < -0.4 is 10.2 Å². The first-order valence-corrected chi connectivity index (χ1v) is 7.27. The van der Waals surface area contributed by atoms with E-state index >= 15 is 0 Å². The Morgan fingerprint density at radius 2 is 2.13 bits per heavy atom. The van der Waals surface area contributed by atoms with E-state index in [9.17, 15) is 18.4 Å². The van der Waals surface area contributed by atoms with E-state index in [0.717, 1.165) is 18.9 Å². The molecule has 1 aliphatic rings. The lowest BCUT2D eigenvalue weighted by atomic mass is 10.2. The number of esters is 1. The molecule has 0 bridgehead atoms. The summed E-state index contributed by atoms with van der Waals surface area (Å²) < 4.78 is 39.2. The second-order valence-electron chi connectivity index (χ2n) is 5.33. The summed E-state index contributed by atoms with van der Waals surface area (Å²) in [6.07, 6.45) is 2.99. The molecule has 2 aromatic rings. The molecule has 1 aliphatic carbocycles. The fourth-order valence-electron chi connectivity index (χ4n) is 2.61. The Hall–Kier alpha value is -2.44. The number of fused-ring (bicyclic) bond motifs is 1. The van der Waals surface area contributed by atoms with Gasteiger partial charge in [-0.3, -0.25) is 4.79 Å². The summed E-state index contributed by atoms with van der Waals surface area (Å²) in [7, 11) is 1.21. The number of benzene rings is 1. The van der Waals surface area contributed by atoms with Crippen LogP contribution in [0.15, 0.2) is 17.1 Å². The minimum atomic E-state index is -1.20. The van der Waals surface area contributed by atoms with Gasteiger partial charge in [-0.25, -0.2) is 9.18 Å². The summed E-state index contributed by atoms with van der Waals surface area (Å²) in [5.74, 6) is -3.47. The molecule has 3 rings (SSSR count). The van der Waals surface area contributed by atoms with Crippen molar-refractivity contribution < 1.29 is 23.0 Å². The predicted molar refractivity (Wildman–Crippen MR) is 78.9 cm³/mol. The van der Waals surface area contributed by atoms with Crippen LogP contribution in [-0.2, 0) is 4.74 Å². The number of ether oxygens (including phenoxy) is 2. The van der Waals surface area contributed by atoms with Crippen molar-refractivity contribution >= 4 is 16.9 Å². The Morgan fingerprint density at radius 3 is 2.70 bits per heavy atom. The van der Waals surface area contributed by atoms with Crippen molar-refractivity contribution in [2.45, 2.75) is 25.8 Å². The van der Waals surface area contributed by atoms with E-state index in [0.29, 0.717) is 0 Å². The molecule has 1 heterocycles. The molecule has 1 aromatic heterocycles. The predicted octanol–water partition coefficient (Wildman–Crippen LogP) is 2.80. The maximum absolute atomic E-state index is 14.0. The number of halogens is 2. The number of methoxy groups -OCH3 is 1. The molecule has 122 valence electrons. The Balaban J connectivity index is 2.40. The standard InChI is InChI=1S/C16H15F2NO4/c1-3-23-16(21)10-7-19(8-4-5-8)13-9(14(10)20)6-11(17)12(18)15(13)22-2/h6-8H,3-5H2,1-2H3/i10+2. The quantitative estimate of drug-likeness (QED) is 0.811. The van der Waals surface area contributed by atoms with Gasteiger partial charge in [0, 0.05) is 12.2 Å². The van der Waals surface area contributed by atoms with Crippen LogP contribution in [-0.4, -0.2) is 24.3 Å². The van der Waals surface area contributed by atoms with Gasteiger partial charge in [0.2, 0.25) is 11.2 Å². The maximum atomic E-state index is 14.0. The van der Waals surface area contributed by atoms with Crippen molar-refractivity contribution in [1.29, 1.82) is 0 Å². The molecular weight excluding hydrogens is 310 g/mol. The van der Waals surface area contributed by atoms with E-state index in [1.165, 1.54) is 13.3 Å². The fraction of sp³-hybridized carbons (Fsp3) is 0.375. The van der Waals surface area contributed by atoms with E-state index in [1.807, 2.05) is 0 Å². The second-order valence-corrected chi connectivity index (χ2v) is 5.33. The highest BCUT2D eigenvalue weighted by Crippen LogP contribution is 2.40. The van der Waals surface area contributed by atoms with Gasteiger partial charge in [0.25, 0.3) is 0 Å². The molecule has 0 radical (unpaired) electrons. The second kappa shape index (κ2) is 5.64. The summed E-state index contributed by atoms with van der Waals surface area (Å²) >= 11 is 0. The summed E-state index contributed by atoms with van der Waals surface area (Å²) in [5.41, 5.74) is -0.737. The normalized spacial score (nSPS) is 14.1. The molecule has 23 heavy (non-hydrogen) atoms. The number of carbonyl (C=O) groups is 1. The molecule has 5 nitrogen and oxygen atoms in total. The lowest BCUT2D eigenvalue weighted by Gasteiger charge is -2.16. The molecule has 1 aromatic carbocycles. The monoisotopic (exact) mass is 325 g/mol. The van der Waals surface area contributed by atoms with Crippen LogP contribution in [0.1, 0.15) is 36.2 Å². The molecular formula is C16H15F2NO4. The van der Waals surface area contributed by atoms with Crippen LogP contribution >= 0.6 is 0 Å². The van der Waals surface area contributed by atoms with Crippen LogP contribution in [0.25, 0.3) is 10.9 Å². The third-order valence-corrected chi connectivity index (χ3v) is 3.81. The van der Waals surface area contributed by atoms with Gasteiger partial charge in [0.1, 0.15) is 5.56 Å². The zero-order valence-electron chi connectivity index (χ0n) is 12.7. The van der Waals surface area contributed by atoms with Crippen LogP contribution in [0.2, 0.25) is 0 Å². The summed E-state index contributed by atoms with van der Waals surface area (Å²) in [6, 6.07) is 0.821. The van der Waals surface area contributed by atoms with Crippen LogP contribution in [0.4, 0.5) is 8.78 Å². The van der Waals surface area contributed by atoms with Crippen molar-refractivity contribution in [2.75, 3.05) is 13.7 Å². The van der Waals surface area contributed by atoms with Crippen molar-refractivity contribution in [3.05, 3.63) is 39.7 Å². The van der Waals surface area contributed by atoms with Gasteiger partial charge in [-0.15, -0.1) is 0 Å². The Labute approximate surface area is 130 Å². The molecule has 0 unspecified atom stereocenters. The number of carbonyl (C=O) groups excluding carboxylic acids is 1. The van der Waals surface area contributed by atoms with E-state index in [2.05, 4.69) is 0 Å². The highest BCUT2D eigenvalue weighted by atomic mass is 19.2. The number of aromatic nitrogens is 1. The molecule has 0 spiro atoms. The lowest BCUT2D eigenvalue weighted by Crippen LogP contribution is -2.21. The van der Waals surface area contributed by atoms with Crippen LogP contribution in [0, 0.1) is 11.6 Å². The van der Waals surface area contributed by atoms with Crippen molar-refractivity contribution in [1.82, 2.24) is 4.57 Å². The van der Waals surface area contributed by atoms with Gasteiger partial charge in [0.15, 0.2) is 11.6 Å². The van der Waals surface area contributed by atoms with Crippen LogP contribution in [0.3, 0.4) is 0 Å². The molecule has 0 amide bonds. The molecule has 1 fully saturated rings. The molecule has 0 atom stereocenters. The first kappa shape index (κ1) is 15.5. The van der Waals surface area contributed by atoms with E-state index in [-0.39, 0.29) is 34.9 Å². The number of rotatable bonds is 4. The number of hydrogen-bond acceptors (Lipinski definition) is 4. The smallest absolute Gasteiger partial charge is 0.343 e. The third-order valence-electron chi connectivity index (χ3n) is 3.81. The topological polar surface area (TPSA) is 57.5 Å². The summed E-state index contributed by atoms with van der Waals surface area (Å²) in [5, 5.41) is -0.0989. The highest BCUT2D eigenvalue weighted by molar-refractivity contribution is 5.95. The molecule has 0 aliphatic heterocycles. The van der Waals surface area contributed by atoms with Gasteiger partial charge in [0.05, 0.1) is 24.6 Å². The summed E-state index contributed by atoms with van der Waals surface area (Å²) in [4.78, 5) is 24.5. The van der Waals surface area contributed by atoms with Gasteiger partial charge in [-0.05, 0) is 25.8 Å². The van der Waals surface area contributed by atoms with E-state index in [4.69, 9.17) is 9.47 Å². The Kier molecular flexibility index (Phi) is 3.79. The van der Waals surface area contributed by atoms with Crippen molar-refractivity contribution in [3.63, 3.8) is 0 Å². The van der Waals surface area contributed by atoms with Crippen LogP contribution in [0.5, 0.6) is 5.75 Å². The average Bonchev–Trinajstić information content (AvgIpc) is 3.35. The number of nitrogens with zero attached hydrogens (tertiary/aromatic N) is 1. The zero-order valence-corrected chi connectivity index (χ0v) is 12.7. The van der Waals surface area contributed by atoms with Gasteiger partial charge in [-0.2, -0.15) is 4.39 Å². The van der Waals surface area contributed by atoms with Gasteiger partial charge >= 0.3 is 5.97 Å². The lowest BCUT2D eigenvalue weighted by molar-refractivity contribution is 0.0524. The SMILES string of the molecule is CCOC(=O)[14c]1cn(C2CC2)c2c(OC)c(F)c(F)cc2c1=O. The fourth-order valence-corrected chi connectivity index (χ4v) is 2.61. The van der Waals surface area contributed by atoms with E-state index < -0.39 is 23.0 Å². The minimum Gasteiger partial charge on any atom is -0.491 e. The molecule has 1 saturated carbocycles. The van der Waals surface area contributed by atoms with Crippen molar-refractivity contribution in [2.24, 2.45) is 0 Å². The van der Waals surface area contributed by atoms with Gasteiger partial charge < -0.3 is 14.0 Å². The zero-order chi connectivity index (χ0) is 16.7. The maximum Gasteiger partial charge on any atom is 0.343 e. The molecule has 0 N–H and O–H groups in total. The minimum absolute atomic E-state index is 0.0186. The largest absolute Gasteiger partial charge is 0.491 e. The third kappa shape index (κ3) is 2.46. The number of pyridine rings is 1. The average molecular weight is 325 g/mol. The van der Waals surface area contributed by atoms with Crippen molar-refractivity contribution in [3.8, 4) is 5.75 Å². The first-order valence-electron chi connectivity index (χ1n) is 7.27. The summed E-state index contributed by atoms with van der Waals surface area (Å²) in [6.45, 7) is 1.73. The Morgan fingerprint density at radius 1 is 1.43 bits per heavy atom. The number of hydrogen-bond donors (Lipinski definition) is 0. The highest BCUT2D eigenvalue weighted by Gasteiger charge is 2.30. The molecule has 7 heteroatoms. The molecule has 0 saturated heterocycles.